The van der Waals surface area contributed by atoms with Gasteiger partial charge in [0.05, 0.1) is 0 Å². The lowest BCUT2D eigenvalue weighted by Crippen LogP contribution is -2.40. The Morgan fingerprint density at radius 3 is 2.59 bits per heavy atom. The molecule has 0 spiro atoms. The van der Waals surface area contributed by atoms with Gasteiger partial charge in [-0.3, -0.25) is 9.59 Å². The van der Waals surface area contributed by atoms with E-state index in [2.05, 4.69) is 0 Å². The lowest BCUT2D eigenvalue weighted by Gasteiger charge is -2.27. The fraction of sp³-hybridized carbons (Fsp3) is 0.667. The Bertz CT molecular complexity index is 425. The van der Waals surface area contributed by atoms with Crippen LogP contribution in [0, 0.1) is 5.92 Å². The van der Waals surface area contributed by atoms with Crippen LogP contribution < -0.4 is 0 Å². The summed E-state index contributed by atoms with van der Waals surface area (Å²) in [6.45, 7) is 2.02. The zero-order chi connectivity index (χ0) is 16.4. The average Bonchev–Trinajstić information content (AvgIpc) is 2.74. The second kappa shape index (κ2) is 9.57. The summed E-state index contributed by atoms with van der Waals surface area (Å²) < 4.78 is 0. The molecule has 0 radical (unpaired) electrons. The molecule has 0 amide bonds. The number of unbranched alkanes of at least 4 members (excludes halogenated alkanes) is 4. The van der Waals surface area contributed by atoms with E-state index in [1.54, 1.807) is 0 Å². The quantitative estimate of drug-likeness (QED) is 0.451. The van der Waals surface area contributed by atoms with Crippen LogP contribution in [0.25, 0.3) is 0 Å². The van der Waals surface area contributed by atoms with Crippen molar-refractivity contribution in [2.75, 3.05) is 0 Å². The van der Waals surface area contributed by atoms with Crippen molar-refractivity contribution in [3.8, 4) is 0 Å². The van der Waals surface area contributed by atoms with E-state index < -0.39 is 11.6 Å². The van der Waals surface area contributed by atoms with Gasteiger partial charge in [-0.05, 0) is 25.3 Å². The number of carbonyl (C=O) groups is 2. The predicted octanol–water partition coefficient (Wildman–Crippen LogP) is 3.64. The molecule has 1 aliphatic carbocycles. The molecule has 4 nitrogen and oxygen atoms in total. The summed E-state index contributed by atoms with van der Waals surface area (Å²) in [7, 11) is 0. The molecule has 124 valence electrons. The van der Waals surface area contributed by atoms with Crippen molar-refractivity contribution in [2.45, 2.75) is 70.3 Å². The molecule has 0 unspecified atom stereocenters. The van der Waals surface area contributed by atoms with E-state index in [1.165, 1.54) is 6.08 Å². The third-order valence-corrected chi connectivity index (χ3v) is 4.26. The zero-order valence-electron chi connectivity index (χ0n) is 13.5. The summed E-state index contributed by atoms with van der Waals surface area (Å²) in [6.07, 6.45) is 14.2. The van der Waals surface area contributed by atoms with Crippen molar-refractivity contribution < 1.29 is 19.8 Å². The van der Waals surface area contributed by atoms with E-state index in [9.17, 15) is 14.7 Å². The summed E-state index contributed by atoms with van der Waals surface area (Å²) in [5.74, 6) is -1.01. The average molecular weight is 308 g/mol. The van der Waals surface area contributed by atoms with E-state index in [1.807, 2.05) is 25.2 Å². The molecule has 4 heteroatoms. The summed E-state index contributed by atoms with van der Waals surface area (Å²) in [5, 5.41) is 19.2. The Hall–Kier alpha value is -1.42. The number of carboxylic acids is 1. The lowest BCUT2D eigenvalue weighted by molar-refractivity contribution is -0.137. The molecule has 0 saturated carbocycles. The molecule has 0 aromatic rings. The monoisotopic (exact) mass is 308 g/mol. The Balaban J connectivity index is 2.28. The molecule has 0 heterocycles. The number of aliphatic hydroxyl groups is 1. The van der Waals surface area contributed by atoms with Crippen molar-refractivity contribution in [3.63, 3.8) is 0 Å². The van der Waals surface area contributed by atoms with Gasteiger partial charge in [-0.1, -0.05) is 50.8 Å². The molecule has 0 saturated heterocycles. The number of allylic oxidation sites excluding steroid dienone is 1. The van der Waals surface area contributed by atoms with Crippen LogP contribution in [0.5, 0.6) is 0 Å². The van der Waals surface area contributed by atoms with Crippen molar-refractivity contribution >= 4 is 11.8 Å². The van der Waals surface area contributed by atoms with Gasteiger partial charge in [0.2, 0.25) is 0 Å². The minimum absolute atomic E-state index is 0.0967. The first-order valence-corrected chi connectivity index (χ1v) is 8.32. The van der Waals surface area contributed by atoms with Crippen LogP contribution in [0.1, 0.15) is 64.7 Å². The van der Waals surface area contributed by atoms with Crippen LogP contribution in [0.3, 0.4) is 0 Å². The molecule has 0 aromatic carbocycles. The molecule has 1 rings (SSSR count). The van der Waals surface area contributed by atoms with E-state index in [4.69, 9.17) is 5.11 Å². The van der Waals surface area contributed by atoms with Gasteiger partial charge in [0.1, 0.15) is 5.60 Å². The van der Waals surface area contributed by atoms with Crippen molar-refractivity contribution in [2.24, 2.45) is 5.92 Å². The SMILES string of the molecule is CC/C=C/C[C@@]1(O)C(=O)C=C[C@H]1CCCCCCCC(=O)O. The smallest absolute Gasteiger partial charge is 0.303 e. The van der Waals surface area contributed by atoms with Crippen molar-refractivity contribution in [1.29, 1.82) is 0 Å². The highest BCUT2D eigenvalue weighted by Gasteiger charge is 2.43. The maximum atomic E-state index is 11.9. The van der Waals surface area contributed by atoms with Crippen LogP contribution >= 0.6 is 0 Å². The van der Waals surface area contributed by atoms with Crippen molar-refractivity contribution in [3.05, 3.63) is 24.3 Å². The third-order valence-electron chi connectivity index (χ3n) is 4.26. The third kappa shape index (κ3) is 5.76. The number of rotatable bonds is 11. The number of ketones is 1. The van der Waals surface area contributed by atoms with E-state index in [0.29, 0.717) is 6.42 Å². The standard InChI is InChI=1S/C18H28O4/c1-2-3-9-14-18(22)15(12-13-16(18)19)10-7-5-4-6-8-11-17(20)21/h3,9,12-13,15,22H,2,4-8,10-11,14H2,1H3,(H,20,21)/b9-3+/t15-,18+/m1/s1. The number of carboxylic acid groups (broad SMARTS) is 1. The number of carbonyl (C=O) groups excluding carboxylic acids is 1. The minimum Gasteiger partial charge on any atom is -0.481 e. The fourth-order valence-corrected chi connectivity index (χ4v) is 2.88. The normalized spacial score (nSPS) is 24.5. The van der Waals surface area contributed by atoms with Crippen LogP contribution in [0.4, 0.5) is 0 Å². The molecule has 0 aliphatic heterocycles. The highest BCUT2D eigenvalue weighted by molar-refractivity contribution is 6.00. The molecule has 0 aromatic heterocycles. The van der Waals surface area contributed by atoms with Gasteiger partial charge in [0.15, 0.2) is 5.78 Å². The fourth-order valence-electron chi connectivity index (χ4n) is 2.88. The first-order valence-electron chi connectivity index (χ1n) is 8.32. The molecule has 1 aliphatic rings. The molecular formula is C18H28O4. The number of hydrogen-bond acceptors (Lipinski definition) is 3. The van der Waals surface area contributed by atoms with Gasteiger partial charge in [-0.15, -0.1) is 0 Å². The topological polar surface area (TPSA) is 74.6 Å². The van der Waals surface area contributed by atoms with E-state index in [0.717, 1.165) is 44.9 Å². The van der Waals surface area contributed by atoms with Crippen LogP contribution in [-0.2, 0) is 9.59 Å². The van der Waals surface area contributed by atoms with Gasteiger partial charge >= 0.3 is 5.97 Å². The summed E-state index contributed by atoms with van der Waals surface area (Å²) in [5.41, 5.74) is -1.25. The van der Waals surface area contributed by atoms with Gasteiger partial charge in [0, 0.05) is 18.8 Å². The van der Waals surface area contributed by atoms with E-state index in [-0.39, 0.29) is 18.1 Å². The molecule has 22 heavy (non-hydrogen) atoms. The lowest BCUT2D eigenvalue weighted by atomic mass is 9.82. The highest BCUT2D eigenvalue weighted by Crippen LogP contribution is 2.34. The van der Waals surface area contributed by atoms with Gasteiger partial charge in [0.25, 0.3) is 0 Å². The zero-order valence-corrected chi connectivity index (χ0v) is 13.5. The van der Waals surface area contributed by atoms with Crippen molar-refractivity contribution in [1.82, 2.24) is 0 Å². The van der Waals surface area contributed by atoms with Gasteiger partial charge in [-0.25, -0.2) is 0 Å². The molecular weight excluding hydrogens is 280 g/mol. The first kappa shape index (κ1) is 18.6. The van der Waals surface area contributed by atoms with E-state index >= 15 is 0 Å². The second-order valence-corrected chi connectivity index (χ2v) is 6.04. The second-order valence-electron chi connectivity index (χ2n) is 6.04. The summed E-state index contributed by atoms with van der Waals surface area (Å²) in [6, 6.07) is 0. The maximum absolute atomic E-state index is 11.9. The Morgan fingerprint density at radius 2 is 1.91 bits per heavy atom. The molecule has 0 bridgehead atoms. The largest absolute Gasteiger partial charge is 0.481 e. The van der Waals surface area contributed by atoms with Gasteiger partial charge < -0.3 is 10.2 Å². The number of hydrogen-bond donors (Lipinski definition) is 2. The van der Waals surface area contributed by atoms with Crippen LogP contribution in [0.15, 0.2) is 24.3 Å². The minimum atomic E-state index is -1.25. The Kier molecular flexibility index (Phi) is 8.10. The summed E-state index contributed by atoms with van der Waals surface area (Å²) in [4.78, 5) is 22.3. The van der Waals surface area contributed by atoms with Gasteiger partial charge in [-0.2, -0.15) is 0 Å². The molecule has 2 atom stereocenters. The molecule has 2 N–H and O–H groups in total. The summed E-state index contributed by atoms with van der Waals surface area (Å²) >= 11 is 0. The Morgan fingerprint density at radius 1 is 1.23 bits per heavy atom. The number of aliphatic carboxylic acids is 1. The van der Waals surface area contributed by atoms with Crippen LogP contribution in [0.2, 0.25) is 0 Å². The predicted molar refractivity (Wildman–Crippen MR) is 86.6 cm³/mol. The maximum Gasteiger partial charge on any atom is 0.303 e. The Labute approximate surface area is 132 Å². The highest BCUT2D eigenvalue weighted by atomic mass is 16.4. The molecule has 0 fully saturated rings. The first-order chi connectivity index (χ1) is 10.5. The van der Waals surface area contributed by atoms with Crippen LogP contribution in [-0.4, -0.2) is 27.6 Å².